The summed E-state index contributed by atoms with van der Waals surface area (Å²) in [7, 11) is 0. The summed E-state index contributed by atoms with van der Waals surface area (Å²) >= 11 is 0. The SMILES string of the molecule is CCOC(=O)[C@@](O)(CCC#N)c1ccccc1. The van der Waals surface area contributed by atoms with Crippen LogP contribution in [0.15, 0.2) is 30.3 Å². The molecule has 0 radical (unpaired) electrons. The number of aliphatic hydroxyl groups is 1. The molecule has 0 aliphatic carbocycles. The van der Waals surface area contributed by atoms with Gasteiger partial charge in [-0.05, 0) is 12.5 Å². The number of rotatable bonds is 5. The summed E-state index contributed by atoms with van der Waals surface area (Å²) in [6.45, 7) is 1.87. The molecule has 1 atom stereocenters. The Morgan fingerprint density at radius 2 is 2.12 bits per heavy atom. The number of carbonyl (C=O) groups is 1. The van der Waals surface area contributed by atoms with E-state index < -0.39 is 11.6 Å². The van der Waals surface area contributed by atoms with Crippen molar-refractivity contribution >= 4 is 5.97 Å². The fourth-order valence-corrected chi connectivity index (χ4v) is 1.57. The van der Waals surface area contributed by atoms with E-state index in [1.165, 1.54) is 0 Å². The van der Waals surface area contributed by atoms with Crippen LogP contribution < -0.4 is 0 Å². The van der Waals surface area contributed by atoms with E-state index in [1.807, 2.05) is 6.07 Å². The molecule has 0 saturated heterocycles. The number of hydrogen-bond acceptors (Lipinski definition) is 4. The van der Waals surface area contributed by atoms with Crippen LogP contribution in [0.3, 0.4) is 0 Å². The molecule has 4 heteroatoms. The monoisotopic (exact) mass is 233 g/mol. The van der Waals surface area contributed by atoms with Gasteiger partial charge in [-0.3, -0.25) is 0 Å². The van der Waals surface area contributed by atoms with Gasteiger partial charge in [-0.2, -0.15) is 5.26 Å². The van der Waals surface area contributed by atoms with Crippen LogP contribution in [0.4, 0.5) is 0 Å². The lowest BCUT2D eigenvalue weighted by Crippen LogP contribution is -2.37. The Bertz CT molecular complexity index is 410. The molecule has 17 heavy (non-hydrogen) atoms. The van der Waals surface area contributed by atoms with Gasteiger partial charge in [-0.25, -0.2) is 4.79 Å². The molecule has 1 aromatic rings. The fourth-order valence-electron chi connectivity index (χ4n) is 1.57. The zero-order chi connectivity index (χ0) is 12.7. The number of esters is 1. The first-order valence-corrected chi connectivity index (χ1v) is 5.47. The second-order valence-corrected chi connectivity index (χ2v) is 3.60. The maximum atomic E-state index is 11.8. The molecular weight excluding hydrogens is 218 g/mol. The van der Waals surface area contributed by atoms with Gasteiger partial charge in [0, 0.05) is 12.8 Å². The summed E-state index contributed by atoms with van der Waals surface area (Å²) in [4.78, 5) is 11.8. The first kappa shape index (κ1) is 13.2. The smallest absolute Gasteiger partial charge is 0.342 e. The van der Waals surface area contributed by atoms with E-state index in [-0.39, 0.29) is 19.4 Å². The molecule has 0 unspecified atom stereocenters. The van der Waals surface area contributed by atoms with Crippen LogP contribution >= 0.6 is 0 Å². The first-order valence-electron chi connectivity index (χ1n) is 5.47. The molecular formula is C13H15NO3. The summed E-state index contributed by atoms with van der Waals surface area (Å²) in [6, 6.07) is 10.5. The number of nitrogens with zero attached hydrogens (tertiary/aromatic N) is 1. The van der Waals surface area contributed by atoms with Crippen molar-refractivity contribution in [3.05, 3.63) is 35.9 Å². The maximum absolute atomic E-state index is 11.8. The molecule has 0 heterocycles. The summed E-state index contributed by atoms with van der Waals surface area (Å²) in [5.74, 6) is -0.707. The molecule has 1 N–H and O–H groups in total. The van der Waals surface area contributed by atoms with E-state index in [9.17, 15) is 9.90 Å². The van der Waals surface area contributed by atoms with Gasteiger partial charge >= 0.3 is 5.97 Å². The van der Waals surface area contributed by atoms with Gasteiger partial charge in [-0.15, -0.1) is 0 Å². The number of carbonyl (C=O) groups excluding carboxylic acids is 1. The van der Waals surface area contributed by atoms with Crippen molar-refractivity contribution in [2.75, 3.05) is 6.61 Å². The highest BCUT2D eigenvalue weighted by molar-refractivity contribution is 5.81. The summed E-state index contributed by atoms with van der Waals surface area (Å²) in [5, 5.41) is 19.0. The molecule has 4 nitrogen and oxygen atoms in total. The second-order valence-electron chi connectivity index (χ2n) is 3.60. The highest BCUT2D eigenvalue weighted by Crippen LogP contribution is 2.27. The summed E-state index contributed by atoms with van der Waals surface area (Å²) < 4.78 is 4.86. The van der Waals surface area contributed by atoms with Crippen molar-refractivity contribution in [3.8, 4) is 6.07 Å². The van der Waals surface area contributed by atoms with Gasteiger partial charge in [0.15, 0.2) is 5.60 Å². The molecule has 0 spiro atoms. The Morgan fingerprint density at radius 3 is 2.65 bits per heavy atom. The normalized spacial score (nSPS) is 13.5. The molecule has 0 amide bonds. The van der Waals surface area contributed by atoms with Crippen molar-refractivity contribution in [1.29, 1.82) is 5.26 Å². The van der Waals surface area contributed by atoms with E-state index in [1.54, 1.807) is 37.3 Å². The van der Waals surface area contributed by atoms with Gasteiger partial charge in [0.05, 0.1) is 12.7 Å². The van der Waals surface area contributed by atoms with E-state index in [4.69, 9.17) is 10.00 Å². The topological polar surface area (TPSA) is 70.3 Å². The Morgan fingerprint density at radius 1 is 1.47 bits per heavy atom. The van der Waals surface area contributed by atoms with E-state index >= 15 is 0 Å². The Balaban J connectivity index is 3.02. The van der Waals surface area contributed by atoms with Crippen molar-refractivity contribution in [2.24, 2.45) is 0 Å². The molecule has 0 fully saturated rings. The summed E-state index contributed by atoms with van der Waals surface area (Å²) in [5.41, 5.74) is -1.28. The minimum atomic E-state index is -1.73. The molecule has 0 aromatic heterocycles. The molecule has 0 saturated carbocycles. The average molecular weight is 233 g/mol. The Hall–Kier alpha value is -1.86. The molecule has 0 aliphatic heterocycles. The minimum Gasteiger partial charge on any atom is -0.464 e. The lowest BCUT2D eigenvalue weighted by molar-refractivity contribution is -0.167. The highest BCUT2D eigenvalue weighted by atomic mass is 16.5. The number of benzene rings is 1. The molecule has 1 aromatic carbocycles. The predicted molar refractivity (Wildman–Crippen MR) is 61.8 cm³/mol. The van der Waals surface area contributed by atoms with Crippen LogP contribution in [0.5, 0.6) is 0 Å². The van der Waals surface area contributed by atoms with E-state index in [0.717, 1.165) is 0 Å². The van der Waals surface area contributed by atoms with Crippen LogP contribution in [0.25, 0.3) is 0 Å². The van der Waals surface area contributed by atoms with Crippen LogP contribution in [-0.4, -0.2) is 17.7 Å². The molecule has 0 aliphatic rings. The predicted octanol–water partition coefficient (Wildman–Crippen LogP) is 1.74. The van der Waals surface area contributed by atoms with Gasteiger partial charge in [0.2, 0.25) is 0 Å². The Kier molecular flexibility index (Phi) is 4.68. The van der Waals surface area contributed by atoms with Crippen LogP contribution in [0.2, 0.25) is 0 Å². The molecule has 0 bridgehead atoms. The fraction of sp³-hybridized carbons (Fsp3) is 0.385. The minimum absolute atomic E-state index is 0.0341. The van der Waals surface area contributed by atoms with Crippen molar-refractivity contribution < 1.29 is 14.6 Å². The number of nitriles is 1. The maximum Gasteiger partial charge on any atom is 0.342 e. The zero-order valence-electron chi connectivity index (χ0n) is 9.72. The number of hydrogen-bond donors (Lipinski definition) is 1. The highest BCUT2D eigenvalue weighted by Gasteiger charge is 2.38. The average Bonchev–Trinajstić information content (AvgIpc) is 2.37. The summed E-state index contributed by atoms with van der Waals surface area (Å²) in [6.07, 6.45) is 0.122. The zero-order valence-corrected chi connectivity index (χ0v) is 9.72. The first-order chi connectivity index (χ1) is 8.15. The van der Waals surface area contributed by atoms with Gasteiger partial charge in [0.25, 0.3) is 0 Å². The van der Waals surface area contributed by atoms with Crippen LogP contribution in [-0.2, 0) is 15.1 Å². The third-order valence-corrected chi connectivity index (χ3v) is 2.46. The largest absolute Gasteiger partial charge is 0.464 e. The van der Waals surface area contributed by atoms with Gasteiger partial charge in [0.1, 0.15) is 0 Å². The van der Waals surface area contributed by atoms with Gasteiger partial charge in [-0.1, -0.05) is 30.3 Å². The quantitative estimate of drug-likeness (QED) is 0.786. The lowest BCUT2D eigenvalue weighted by Gasteiger charge is -2.25. The van der Waals surface area contributed by atoms with Crippen molar-refractivity contribution in [3.63, 3.8) is 0 Å². The Labute approximate surface area is 100 Å². The molecule has 90 valence electrons. The van der Waals surface area contributed by atoms with Crippen LogP contribution in [0.1, 0.15) is 25.3 Å². The standard InChI is InChI=1S/C13H15NO3/c1-2-17-12(15)13(16,9-6-10-14)11-7-4-3-5-8-11/h3-5,7-8,16H,2,6,9H2,1H3/t13-/m1/s1. The van der Waals surface area contributed by atoms with Gasteiger partial charge < -0.3 is 9.84 Å². The van der Waals surface area contributed by atoms with Crippen molar-refractivity contribution in [1.82, 2.24) is 0 Å². The molecule has 1 rings (SSSR count). The number of ether oxygens (including phenoxy) is 1. The van der Waals surface area contributed by atoms with Crippen LogP contribution in [0, 0.1) is 11.3 Å². The van der Waals surface area contributed by atoms with Crippen molar-refractivity contribution in [2.45, 2.75) is 25.4 Å². The third-order valence-electron chi connectivity index (χ3n) is 2.46. The van der Waals surface area contributed by atoms with E-state index in [2.05, 4.69) is 0 Å². The van der Waals surface area contributed by atoms with E-state index in [0.29, 0.717) is 5.56 Å². The lowest BCUT2D eigenvalue weighted by atomic mass is 9.89. The second kappa shape index (κ2) is 6.02. The third kappa shape index (κ3) is 3.05.